The van der Waals surface area contributed by atoms with Gasteiger partial charge in [-0.2, -0.15) is 0 Å². The molecule has 1 fully saturated rings. The summed E-state index contributed by atoms with van der Waals surface area (Å²) in [6.45, 7) is 1.32. The van der Waals surface area contributed by atoms with Crippen molar-refractivity contribution in [2.24, 2.45) is 5.92 Å². The van der Waals surface area contributed by atoms with Gasteiger partial charge in [0.1, 0.15) is 17.9 Å². The van der Waals surface area contributed by atoms with Crippen LogP contribution in [0.1, 0.15) is 39.0 Å². The number of nitrogens with zero attached hydrogens (tertiary/aromatic N) is 1. The summed E-state index contributed by atoms with van der Waals surface area (Å²) < 4.78 is 6.71. The maximum absolute atomic E-state index is 14.8. The number of hydrogen-bond donors (Lipinski definition) is 2. The van der Waals surface area contributed by atoms with E-state index in [2.05, 4.69) is 26.6 Å². The van der Waals surface area contributed by atoms with Crippen LogP contribution in [0.3, 0.4) is 0 Å². The molecule has 2 aliphatic rings. The third-order valence-corrected chi connectivity index (χ3v) is 8.97. The van der Waals surface area contributed by atoms with E-state index in [1.807, 2.05) is 104 Å². The van der Waals surface area contributed by atoms with Gasteiger partial charge in [-0.25, -0.2) is 0 Å². The largest absolute Gasteiger partial charge is 0.492 e. The molecule has 0 radical (unpaired) electrons. The van der Waals surface area contributed by atoms with E-state index >= 15 is 0 Å². The highest BCUT2D eigenvalue weighted by Crippen LogP contribution is 2.57. The van der Waals surface area contributed by atoms with E-state index in [0.29, 0.717) is 28.6 Å². The number of ketones is 1. The quantitative estimate of drug-likeness (QED) is 0.206. The van der Waals surface area contributed by atoms with E-state index in [1.54, 1.807) is 12.1 Å². The van der Waals surface area contributed by atoms with Gasteiger partial charge in [0, 0.05) is 44.8 Å². The predicted octanol–water partition coefficient (Wildman–Crippen LogP) is 6.82. The molecule has 0 aliphatic carbocycles. The van der Waals surface area contributed by atoms with E-state index in [4.69, 9.17) is 16.3 Å². The number of hydrogen-bond acceptors (Lipinski definition) is 5. The van der Waals surface area contributed by atoms with Crippen LogP contribution in [0.25, 0.3) is 0 Å². The van der Waals surface area contributed by atoms with Gasteiger partial charge in [-0.1, -0.05) is 70.0 Å². The molecule has 0 aromatic heterocycles. The second-order valence-corrected chi connectivity index (χ2v) is 12.4. The molecule has 2 heterocycles. The lowest BCUT2D eigenvalue weighted by molar-refractivity contribution is -0.122. The number of ether oxygens (including phenoxy) is 1. The molecule has 6 rings (SSSR count). The summed E-state index contributed by atoms with van der Waals surface area (Å²) in [5.74, 6) is -0.806. The Hall–Kier alpha value is -3.49. The number of benzene rings is 4. The van der Waals surface area contributed by atoms with E-state index in [9.17, 15) is 9.59 Å². The van der Waals surface area contributed by atoms with Crippen LogP contribution in [-0.4, -0.2) is 43.8 Å². The lowest BCUT2D eigenvalue weighted by atomic mass is 9.69. The van der Waals surface area contributed by atoms with Crippen molar-refractivity contribution in [3.63, 3.8) is 0 Å². The number of anilines is 1. The Balaban J connectivity index is 1.50. The van der Waals surface area contributed by atoms with Gasteiger partial charge < -0.3 is 15.0 Å². The number of amides is 1. The Morgan fingerprint density at radius 2 is 1.67 bits per heavy atom. The SMILES string of the molecule is CN(C)CCOc1ccc(C(=O)C2[C@H](c3ccc(Cl)cc3)[C@@H](c3ccccc3)NC23C(=O)Nc2ccc(Br)cc23)cc1. The molecule has 1 saturated heterocycles. The molecular weight excluding hydrogens is 614 g/mol. The van der Waals surface area contributed by atoms with Gasteiger partial charge in [0.15, 0.2) is 5.78 Å². The zero-order chi connectivity index (χ0) is 29.4. The number of halogens is 2. The summed E-state index contributed by atoms with van der Waals surface area (Å²) >= 11 is 9.90. The highest BCUT2D eigenvalue weighted by Gasteiger charge is 2.64. The standard InChI is InChI=1S/C34H31BrClN3O3/c1-39(2)18-19-42-26-15-10-23(11-16-26)32(40)30-29(21-8-13-25(36)14-9-21)31(22-6-4-3-5-7-22)38-34(30)27-20-24(35)12-17-28(27)37-33(34)41/h3-17,20,29-31,38H,18-19H2,1-2H3,(H,37,41)/t29-,30?,31+,34?/m0/s1. The summed E-state index contributed by atoms with van der Waals surface area (Å²) in [4.78, 5) is 31.0. The molecule has 214 valence electrons. The highest BCUT2D eigenvalue weighted by atomic mass is 79.9. The minimum atomic E-state index is -1.30. The Bertz CT molecular complexity index is 1610. The molecule has 4 aromatic carbocycles. The predicted molar refractivity (Wildman–Crippen MR) is 169 cm³/mol. The molecule has 4 aromatic rings. The van der Waals surface area contributed by atoms with Crippen molar-refractivity contribution in [1.29, 1.82) is 0 Å². The second-order valence-electron chi connectivity index (χ2n) is 11.1. The minimum absolute atomic E-state index is 0.122. The molecule has 0 saturated carbocycles. The maximum atomic E-state index is 14.8. The van der Waals surface area contributed by atoms with Crippen molar-refractivity contribution in [1.82, 2.24) is 10.2 Å². The van der Waals surface area contributed by atoms with Crippen molar-refractivity contribution in [2.75, 3.05) is 32.6 Å². The first-order chi connectivity index (χ1) is 20.3. The van der Waals surface area contributed by atoms with Crippen molar-refractivity contribution in [3.05, 3.63) is 129 Å². The monoisotopic (exact) mass is 643 g/mol. The topological polar surface area (TPSA) is 70.7 Å². The number of nitrogens with one attached hydrogen (secondary N) is 2. The first-order valence-corrected chi connectivity index (χ1v) is 15.1. The Morgan fingerprint density at radius 3 is 2.36 bits per heavy atom. The zero-order valence-corrected chi connectivity index (χ0v) is 25.7. The van der Waals surface area contributed by atoms with Gasteiger partial charge in [-0.05, 0) is 79.8 Å². The smallest absolute Gasteiger partial charge is 0.250 e. The Labute approximate surface area is 259 Å². The fourth-order valence-electron chi connectivity index (χ4n) is 6.26. The van der Waals surface area contributed by atoms with Crippen LogP contribution in [0.4, 0.5) is 5.69 Å². The van der Waals surface area contributed by atoms with Crippen molar-refractivity contribution >= 4 is 44.9 Å². The number of likely N-dealkylation sites (N-methyl/N-ethyl adjacent to an activating group) is 1. The lowest BCUT2D eigenvalue weighted by Crippen LogP contribution is -2.50. The van der Waals surface area contributed by atoms with Crippen LogP contribution in [0.2, 0.25) is 5.02 Å². The first-order valence-electron chi connectivity index (χ1n) is 13.9. The van der Waals surface area contributed by atoms with Gasteiger partial charge in [-0.15, -0.1) is 0 Å². The first kappa shape index (κ1) is 28.6. The van der Waals surface area contributed by atoms with Gasteiger partial charge in [0.2, 0.25) is 5.91 Å². The molecule has 8 heteroatoms. The summed E-state index contributed by atoms with van der Waals surface area (Å²) in [5, 5.41) is 7.39. The second kappa shape index (κ2) is 11.7. The van der Waals surface area contributed by atoms with Crippen molar-refractivity contribution < 1.29 is 14.3 Å². The van der Waals surface area contributed by atoms with E-state index < -0.39 is 11.5 Å². The minimum Gasteiger partial charge on any atom is -0.492 e. The summed E-state index contributed by atoms with van der Waals surface area (Å²) in [6.07, 6.45) is 0. The van der Waals surface area contributed by atoms with Gasteiger partial charge in [0.25, 0.3) is 0 Å². The fraction of sp³-hybridized carbons (Fsp3) is 0.235. The van der Waals surface area contributed by atoms with Crippen LogP contribution in [0.5, 0.6) is 5.75 Å². The number of carbonyl (C=O) groups excluding carboxylic acids is 2. The Morgan fingerprint density at radius 1 is 0.952 bits per heavy atom. The lowest BCUT2D eigenvalue weighted by Gasteiger charge is -2.31. The van der Waals surface area contributed by atoms with E-state index in [-0.39, 0.29) is 23.7 Å². The molecule has 0 bridgehead atoms. The maximum Gasteiger partial charge on any atom is 0.250 e. The average molecular weight is 645 g/mol. The average Bonchev–Trinajstić information content (AvgIpc) is 3.49. The van der Waals surface area contributed by atoms with Crippen LogP contribution < -0.4 is 15.4 Å². The molecule has 2 unspecified atom stereocenters. The van der Waals surface area contributed by atoms with Crippen molar-refractivity contribution in [2.45, 2.75) is 17.5 Å². The number of fused-ring (bicyclic) bond motifs is 2. The summed E-state index contributed by atoms with van der Waals surface area (Å²) in [6, 6.07) is 30.2. The summed E-state index contributed by atoms with van der Waals surface area (Å²) in [5.41, 5.74) is 2.58. The molecule has 2 N–H and O–H groups in total. The van der Waals surface area contributed by atoms with Crippen LogP contribution >= 0.6 is 27.5 Å². The van der Waals surface area contributed by atoms with Crippen LogP contribution in [0, 0.1) is 5.92 Å². The third kappa shape index (κ3) is 5.15. The van der Waals surface area contributed by atoms with Gasteiger partial charge in [-0.3, -0.25) is 14.9 Å². The number of rotatable bonds is 8. The van der Waals surface area contributed by atoms with E-state index in [0.717, 1.165) is 27.7 Å². The zero-order valence-electron chi connectivity index (χ0n) is 23.3. The molecule has 2 aliphatic heterocycles. The molecule has 1 spiro atoms. The number of carbonyl (C=O) groups is 2. The van der Waals surface area contributed by atoms with Crippen LogP contribution in [-0.2, 0) is 10.3 Å². The van der Waals surface area contributed by atoms with Gasteiger partial charge in [0.05, 0.1) is 5.92 Å². The summed E-state index contributed by atoms with van der Waals surface area (Å²) in [7, 11) is 3.98. The number of Topliss-reactive ketones (excluding diaryl/α,β-unsaturated/α-hetero) is 1. The normalized spacial score (nSPS) is 22.8. The third-order valence-electron chi connectivity index (χ3n) is 8.22. The highest BCUT2D eigenvalue weighted by molar-refractivity contribution is 9.10. The van der Waals surface area contributed by atoms with E-state index in [1.165, 1.54) is 0 Å². The van der Waals surface area contributed by atoms with Crippen LogP contribution in [0.15, 0.2) is 102 Å². The van der Waals surface area contributed by atoms with Gasteiger partial charge >= 0.3 is 0 Å². The molecule has 1 amide bonds. The molecule has 6 nitrogen and oxygen atoms in total. The Kier molecular flexibility index (Phi) is 7.94. The fourth-order valence-corrected chi connectivity index (χ4v) is 6.74. The molecular formula is C34H31BrClN3O3. The molecule has 4 atom stereocenters. The molecule has 42 heavy (non-hydrogen) atoms. The van der Waals surface area contributed by atoms with Crippen molar-refractivity contribution in [3.8, 4) is 5.75 Å².